The van der Waals surface area contributed by atoms with E-state index in [1.165, 1.54) is 0 Å². The lowest BCUT2D eigenvalue weighted by atomic mass is 9.86. The summed E-state index contributed by atoms with van der Waals surface area (Å²) < 4.78 is 27.5. The first-order valence-corrected chi connectivity index (χ1v) is 9.05. The van der Waals surface area contributed by atoms with Gasteiger partial charge >= 0.3 is 0 Å². The van der Waals surface area contributed by atoms with Crippen LogP contribution in [0.25, 0.3) is 0 Å². The summed E-state index contributed by atoms with van der Waals surface area (Å²) in [6.07, 6.45) is 0.794. The van der Waals surface area contributed by atoms with Crippen LogP contribution in [0.4, 0.5) is 5.69 Å². The number of nitrogens with one attached hydrogen (secondary N) is 1. The number of nitrogen functional groups attached to an aromatic ring is 1. The highest BCUT2D eigenvalue weighted by atomic mass is 32.2. The van der Waals surface area contributed by atoms with Crippen molar-refractivity contribution in [1.29, 1.82) is 0 Å². The molecule has 0 aliphatic rings. The third-order valence-electron chi connectivity index (χ3n) is 4.03. The maximum atomic E-state index is 12.4. The summed E-state index contributed by atoms with van der Waals surface area (Å²) in [4.78, 5) is 0.239. The second-order valence-electron chi connectivity index (χ2n) is 6.22. The largest absolute Gasteiger partial charge is 0.398 e. The van der Waals surface area contributed by atoms with Gasteiger partial charge in [-0.3, -0.25) is 0 Å². The minimum atomic E-state index is -3.50. The molecule has 5 heteroatoms. The van der Waals surface area contributed by atoms with Gasteiger partial charge in [0.1, 0.15) is 0 Å². The third-order valence-corrected chi connectivity index (χ3v) is 5.45. The molecule has 21 heavy (non-hydrogen) atoms. The van der Waals surface area contributed by atoms with E-state index < -0.39 is 10.0 Å². The summed E-state index contributed by atoms with van der Waals surface area (Å²) in [5.74, 6) is 1.17. The molecule has 0 amide bonds. The van der Waals surface area contributed by atoms with E-state index in [9.17, 15) is 8.42 Å². The van der Waals surface area contributed by atoms with Crippen LogP contribution in [0, 0.1) is 17.8 Å². The van der Waals surface area contributed by atoms with Crippen molar-refractivity contribution in [2.24, 2.45) is 17.8 Å². The van der Waals surface area contributed by atoms with Gasteiger partial charge in [0, 0.05) is 12.2 Å². The van der Waals surface area contributed by atoms with Crippen LogP contribution >= 0.6 is 0 Å². The number of anilines is 1. The molecule has 0 heterocycles. The van der Waals surface area contributed by atoms with Crippen molar-refractivity contribution in [2.45, 2.75) is 45.9 Å². The summed E-state index contributed by atoms with van der Waals surface area (Å²) in [7, 11) is -3.50. The van der Waals surface area contributed by atoms with Crippen molar-refractivity contribution in [3.8, 4) is 0 Å². The first-order valence-electron chi connectivity index (χ1n) is 7.57. The van der Waals surface area contributed by atoms with E-state index in [0.29, 0.717) is 30.0 Å². The minimum absolute atomic E-state index is 0.239. The maximum Gasteiger partial charge on any atom is 0.240 e. The molecule has 3 N–H and O–H groups in total. The van der Waals surface area contributed by atoms with E-state index in [1.807, 2.05) is 6.92 Å². The van der Waals surface area contributed by atoms with Gasteiger partial charge in [0.25, 0.3) is 0 Å². The van der Waals surface area contributed by atoms with Gasteiger partial charge in [-0.25, -0.2) is 13.1 Å². The number of hydrogen-bond donors (Lipinski definition) is 2. The second-order valence-corrected chi connectivity index (χ2v) is 7.98. The summed E-state index contributed by atoms with van der Waals surface area (Å²) in [5, 5.41) is 0. The molecule has 0 spiro atoms. The molecule has 0 fully saturated rings. The maximum absolute atomic E-state index is 12.4. The molecule has 0 saturated heterocycles. The molecule has 120 valence electrons. The number of aryl methyl sites for hydroxylation is 1. The monoisotopic (exact) mass is 312 g/mol. The average molecular weight is 312 g/mol. The van der Waals surface area contributed by atoms with Crippen molar-refractivity contribution in [1.82, 2.24) is 4.72 Å². The van der Waals surface area contributed by atoms with E-state index in [2.05, 4.69) is 32.4 Å². The summed E-state index contributed by atoms with van der Waals surface area (Å²) in [6, 6.07) is 4.95. The number of sulfonamides is 1. The quantitative estimate of drug-likeness (QED) is 0.760. The van der Waals surface area contributed by atoms with Crippen LogP contribution in [0.5, 0.6) is 0 Å². The van der Waals surface area contributed by atoms with Crippen molar-refractivity contribution in [3.05, 3.63) is 23.8 Å². The molecule has 4 nitrogen and oxygen atoms in total. The highest BCUT2D eigenvalue weighted by Gasteiger charge is 2.21. The Kier molecular flexibility index (Phi) is 6.23. The zero-order valence-corrected chi connectivity index (χ0v) is 14.5. The molecular formula is C16H28N2O2S. The highest BCUT2D eigenvalue weighted by molar-refractivity contribution is 7.89. The Hall–Kier alpha value is -1.07. The van der Waals surface area contributed by atoms with Gasteiger partial charge in [-0.2, -0.15) is 0 Å². The Bertz CT molecular complexity index is 558. The van der Waals surface area contributed by atoms with E-state index in [-0.39, 0.29) is 4.90 Å². The Labute approximate surface area is 129 Å². The highest BCUT2D eigenvalue weighted by Crippen LogP contribution is 2.22. The molecule has 1 aromatic carbocycles. The Balaban J connectivity index is 2.89. The zero-order chi connectivity index (χ0) is 16.2. The Morgan fingerprint density at radius 2 is 1.71 bits per heavy atom. The van der Waals surface area contributed by atoms with Crippen LogP contribution in [0.1, 0.15) is 40.2 Å². The molecule has 0 aliphatic carbocycles. The number of rotatable bonds is 7. The minimum Gasteiger partial charge on any atom is -0.398 e. The predicted molar refractivity (Wildman–Crippen MR) is 88.6 cm³/mol. The number of nitrogens with two attached hydrogens (primary N) is 1. The molecule has 1 aromatic rings. The SMILES string of the molecule is CCc1ccc(S(=O)(=O)NCC(C(C)C)C(C)C)cc1N. The lowest BCUT2D eigenvalue weighted by Gasteiger charge is -2.25. The van der Waals surface area contributed by atoms with Gasteiger partial charge in [-0.15, -0.1) is 0 Å². The molecule has 0 bridgehead atoms. The van der Waals surface area contributed by atoms with Crippen LogP contribution in [-0.2, 0) is 16.4 Å². The first kappa shape index (κ1) is 18.0. The van der Waals surface area contributed by atoms with Gasteiger partial charge in [0.15, 0.2) is 0 Å². The fourth-order valence-electron chi connectivity index (χ4n) is 2.59. The van der Waals surface area contributed by atoms with Crippen LogP contribution < -0.4 is 10.5 Å². The number of hydrogen-bond acceptors (Lipinski definition) is 3. The Morgan fingerprint density at radius 1 is 1.14 bits per heavy atom. The topological polar surface area (TPSA) is 72.2 Å². The third kappa shape index (κ3) is 4.71. The van der Waals surface area contributed by atoms with E-state index in [4.69, 9.17) is 5.73 Å². The van der Waals surface area contributed by atoms with Gasteiger partial charge in [0.2, 0.25) is 10.0 Å². The molecule has 0 saturated carbocycles. The van der Waals surface area contributed by atoms with Gasteiger partial charge in [0.05, 0.1) is 4.90 Å². The van der Waals surface area contributed by atoms with Crippen molar-refractivity contribution >= 4 is 15.7 Å². The van der Waals surface area contributed by atoms with E-state index in [1.54, 1.807) is 18.2 Å². The van der Waals surface area contributed by atoms with Gasteiger partial charge in [-0.1, -0.05) is 40.7 Å². The lowest BCUT2D eigenvalue weighted by Crippen LogP contribution is -2.34. The average Bonchev–Trinajstić information content (AvgIpc) is 2.37. The molecule has 0 aromatic heterocycles. The van der Waals surface area contributed by atoms with Crippen LogP contribution in [0.15, 0.2) is 23.1 Å². The predicted octanol–water partition coefficient (Wildman–Crippen LogP) is 3.04. The summed E-state index contributed by atoms with van der Waals surface area (Å²) in [6.45, 7) is 10.9. The van der Waals surface area contributed by atoms with Crippen molar-refractivity contribution < 1.29 is 8.42 Å². The van der Waals surface area contributed by atoms with Crippen LogP contribution in [0.3, 0.4) is 0 Å². The van der Waals surface area contributed by atoms with Crippen LogP contribution in [-0.4, -0.2) is 15.0 Å². The van der Waals surface area contributed by atoms with E-state index >= 15 is 0 Å². The Morgan fingerprint density at radius 3 is 2.14 bits per heavy atom. The van der Waals surface area contributed by atoms with Gasteiger partial charge < -0.3 is 5.73 Å². The van der Waals surface area contributed by atoms with Crippen LogP contribution in [0.2, 0.25) is 0 Å². The standard InChI is InChI=1S/C16H28N2O2S/c1-6-13-7-8-14(9-16(13)17)21(19,20)18-10-15(11(2)3)12(4)5/h7-9,11-12,15,18H,6,10,17H2,1-5H3. The molecular weight excluding hydrogens is 284 g/mol. The van der Waals surface area contributed by atoms with Crippen molar-refractivity contribution in [3.63, 3.8) is 0 Å². The molecule has 0 unspecified atom stereocenters. The fourth-order valence-corrected chi connectivity index (χ4v) is 3.70. The molecule has 0 radical (unpaired) electrons. The summed E-state index contributed by atoms with van der Waals surface area (Å²) >= 11 is 0. The first-order chi connectivity index (χ1) is 9.69. The van der Waals surface area contributed by atoms with E-state index in [0.717, 1.165) is 12.0 Å². The smallest absolute Gasteiger partial charge is 0.240 e. The van der Waals surface area contributed by atoms with Crippen molar-refractivity contribution in [2.75, 3.05) is 12.3 Å². The molecule has 0 atom stereocenters. The molecule has 0 aliphatic heterocycles. The number of benzene rings is 1. The summed E-state index contributed by atoms with van der Waals surface area (Å²) in [5.41, 5.74) is 7.39. The second kappa shape index (κ2) is 7.27. The fraction of sp³-hybridized carbons (Fsp3) is 0.625. The zero-order valence-electron chi connectivity index (χ0n) is 13.7. The lowest BCUT2D eigenvalue weighted by molar-refractivity contribution is 0.289. The normalized spacial score (nSPS) is 12.6. The molecule has 1 rings (SSSR count). The van der Waals surface area contributed by atoms with Gasteiger partial charge in [-0.05, 0) is 41.9 Å².